The van der Waals surface area contributed by atoms with Crippen molar-refractivity contribution >= 4 is 39.3 Å². The SMILES string of the molecule is C[C@@H](c1ccc(Br)cc1Cl)N1C(=O)c2ccccc2C1=O. The Morgan fingerprint density at radius 3 is 2.14 bits per heavy atom. The van der Waals surface area contributed by atoms with Crippen LogP contribution in [0.5, 0.6) is 0 Å². The van der Waals surface area contributed by atoms with Gasteiger partial charge < -0.3 is 0 Å². The average Bonchev–Trinajstić information content (AvgIpc) is 2.71. The first kappa shape index (κ1) is 14.3. The molecule has 3 rings (SSSR count). The Hall–Kier alpha value is -1.65. The highest BCUT2D eigenvalue weighted by Crippen LogP contribution is 2.34. The van der Waals surface area contributed by atoms with E-state index >= 15 is 0 Å². The van der Waals surface area contributed by atoms with Gasteiger partial charge in [-0.3, -0.25) is 14.5 Å². The Morgan fingerprint density at radius 1 is 1.05 bits per heavy atom. The fourth-order valence-corrected chi connectivity index (χ4v) is 3.37. The van der Waals surface area contributed by atoms with E-state index in [2.05, 4.69) is 15.9 Å². The van der Waals surface area contributed by atoms with Crippen LogP contribution in [0.15, 0.2) is 46.9 Å². The monoisotopic (exact) mass is 363 g/mol. The first-order valence-corrected chi connectivity index (χ1v) is 7.59. The van der Waals surface area contributed by atoms with Gasteiger partial charge in [0, 0.05) is 9.50 Å². The van der Waals surface area contributed by atoms with Crippen LogP contribution in [0.25, 0.3) is 0 Å². The molecule has 0 saturated carbocycles. The molecule has 5 heteroatoms. The predicted molar refractivity (Wildman–Crippen MR) is 84.5 cm³/mol. The van der Waals surface area contributed by atoms with Gasteiger partial charge in [0.1, 0.15) is 0 Å². The third-order valence-electron chi connectivity index (χ3n) is 3.63. The highest BCUT2D eigenvalue weighted by molar-refractivity contribution is 9.10. The van der Waals surface area contributed by atoms with Gasteiger partial charge in [-0.05, 0) is 36.8 Å². The quantitative estimate of drug-likeness (QED) is 0.738. The molecule has 0 spiro atoms. The van der Waals surface area contributed by atoms with Gasteiger partial charge in [-0.2, -0.15) is 0 Å². The number of fused-ring (bicyclic) bond motifs is 1. The molecule has 106 valence electrons. The number of hydrogen-bond acceptors (Lipinski definition) is 2. The molecule has 0 fully saturated rings. The van der Waals surface area contributed by atoms with Crippen LogP contribution in [0.2, 0.25) is 5.02 Å². The molecule has 0 unspecified atom stereocenters. The summed E-state index contributed by atoms with van der Waals surface area (Å²) in [6.07, 6.45) is 0. The number of carbonyl (C=O) groups excluding carboxylic acids is 2. The number of rotatable bonds is 2. The lowest BCUT2D eigenvalue weighted by molar-refractivity contribution is 0.0595. The zero-order chi connectivity index (χ0) is 15.1. The molecule has 1 heterocycles. The summed E-state index contributed by atoms with van der Waals surface area (Å²) in [4.78, 5) is 26.2. The maximum Gasteiger partial charge on any atom is 0.262 e. The van der Waals surface area contributed by atoms with E-state index in [0.29, 0.717) is 16.1 Å². The van der Waals surface area contributed by atoms with Crippen LogP contribution in [0.4, 0.5) is 0 Å². The van der Waals surface area contributed by atoms with E-state index in [9.17, 15) is 9.59 Å². The number of nitrogens with zero attached hydrogens (tertiary/aromatic N) is 1. The summed E-state index contributed by atoms with van der Waals surface area (Å²) in [7, 11) is 0. The Bertz CT molecular complexity index is 725. The lowest BCUT2D eigenvalue weighted by Crippen LogP contribution is -2.32. The number of hydrogen-bond donors (Lipinski definition) is 0. The second-order valence-electron chi connectivity index (χ2n) is 4.87. The van der Waals surface area contributed by atoms with Crippen molar-refractivity contribution in [1.29, 1.82) is 0 Å². The number of halogens is 2. The minimum absolute atomic E-state index is 0.276. The summed E-state index contributed by atoms with van der Waals surface area (Å²) in [5.74, 6) is -0.552. The molecule has 1 atom stereocenters. The molecule has 21 heavy (non-hydrogen) atoms. The van der Waals surface area contributed by atoms with E-state index in [0.717, 1.165) is 10.0 Å². The Balaban J connectivity index is 2.02. The van der Waals surface area contributed by atoms with Crippen LogP contribution >= 0.6 is 27.5 Å². The van der Waals surface area contributed by atoms with Crippen LogP contribution in [-0.2, 0) is 0 Å². The van der Waals surface area contributed by atoms with Crippen molar-refractivity contribution in [2.45, 2.75) is 13.0 Å². The lowest BCUT2D eigenvalue weighted by atomic mass is 10.1. The molecular formula is C16H11BrClNO2. The summed E-state index contributed by atoms with van der Waals surface area (Å²) in [6, 6.07) is 11.9. The molecule has 0 radical (unpaired) electrons. The summed E-state index contributed by atoms with van der Waals surface area (Å²) in [5.41, 5.74) is 1.64. The number of carbonyl (C=O) groups is 2. The lowest BCUT2D eigenvalue weighted by Gasteiger charge is -2.23. The summed E-state index contributed by atoms with van der Waals surface area (Å²) in [5, 5.41) is 0.522. The number of benzene rings is 2. The third-order valence-corrected chi connectivity index (χ3v) is 4.45. The zero-order valence-corrected chi connectivity index (χ0v) is 13.5. The molecule has 0 N–H and O–H groups in total. The first-order valence-electron chi connectivity index (χ1n) is 6.42. The van der Waals surface area contributed by atoms with Gasteiger partial charge in [-0.1, -0.05) is 45.7 Å². The maximum atomic E-state index is 12.5. The van der Waals surface area contributed by atoms with Crippen molar-refractivity contribution in [2.75, 3.05) is 0 Å². The molecule has 3 nitrogen and oxygen atoms in total. The minimum atomic E-state index is -0.419. The molecule has 2 aromatic rings. The van der Waals surface area contributed by atoms with Gasteiger partial charge in [0.05, 0.1) is 17.2 Å². The molecule has 0 saturated heterocycles. The number of amides is 2. The van der Waals surface area contributed by atoms with Gasteiger partial charge in [-0.25, -0.2) is 0 Å². The second-order valence-corrected chi connectivity index (χ2v) is 6.19. The number of imide groups is 1. The van der Waals surface area contributed by atoms with Gasteiger partial charge in [0.2, 0.25) is 0 Å². The summed E-state index contributed by atoms with van der Waals surface area (Å²) >= 11 is 9.57. The van der Waals surface area contributed by atoms with E-state index in [-0.39, 0.29) is 11.8 Å². The molecule has 0 aromatic heterocycles. The van der Waals surface area contributed by atoms with Crippen molar-refractivity contribution in [3.8, 4) is 0 Å². The molecule has 2 aromatic carbocycles. The fourth-order valence-electron chi connectivity index (χ4n) is 2.54. The van der Waals surface area contributed by atoms with Gasteiger partial charge in [0.25, 0.3) is 11.8 Å². The smallest absolute Gasteiger partial charge is 0.262 e. The molecule has 1 aliphatic heterocycles. The maximum absolute atomic E-state index is 12.5. The topological polar surface area (TPSA) is 37.4 Å². The Morgan fingerprint density at radius 2 is 1.62 bits per heavy atom. The largest absolute Gasteiger partial charge is 0.269 e. The summed E-state index contributed by atoms with van der Waals surface area (Å²) < 4.78 is 0.853. The third kappa shape index (κ3) is 2.28. The van der Waals surface area contributed by atoms with Crippen molar-refractivity contribution in [3.05, 3.63) is 68.7 Å². The van der Waals surface area contributed by atoms with E-state index < -0.39 is 6.04 Å². The normalized spacial score (nSPS) is 15.3. The predicted octanol–water partition coefficient (Wildman–Crippen LogP) is 4.46. The van der Waals surface area contributed by atoms with Crippen LogP contribution < -0.4 is 0 Å². The van der Waals surface area contributed by atoms with Crippen LogP contribution in [-0.4, -0.2) is 16.7 Å². The standard InChI is InChI=1S/C16H11BrClNO2/c1-9(11-7-6-10(17)8-14(11)18)19-15(20)12-4-2-3-5-13(12)16(19)21/h2-9H,1H3/t9-/m0/s1. The molecule has 0 bridgehead atoms. The van der Waals surface area contributed by atoms with Crippen LogP contribution in [0.3, 0.4) is 0 Å². The molecule has 0 aliphatic carbocycles. The first-order chi connectivity index (χ1) is 10.0. The minimum Gasteiger partial charge on any atom is -0.269 e. The van der Waals surface area contributed by atoms with Crippen molar-refractivity contribution in [3.63, 3.8) is 0 Å². The van der Waals surface area contributed by atoms with Crippen LogP contribution in [0, 0.1) is 0 Å². The van der Waals surface area contributed by atoms with E-state index in [1.165, 1.54) is 4.90 Å². The Labute approximate surface area is 135 Å². The molecule has 2 amide bonds. The summed E-state index contributed by atoms with van der Waals surface area (Å²) in [6.45, 7) is 1.80. The fraction of sp³-hybridized carbons (Fsp3) is 0.125. The van der Waals surface area contributed by atoms with Gasteiger partial charge in [0.15, 0.2) is 0 Å². The van der Waals surface area contributed by atoms with Crippen LogP contribution in [0.1, 0.15) is 39.2 Å². The second kappa shape index (κ2) is 5.28. The van der Waals surface area contributed by atoms with E-state index in [1.54, 1.807) is 37.3 Å². The van der Waals surface area contributed by atoms with Crippen molar-refractivity contribution in [2.24, 2.45) is 0 Å². The van der Waals surface area contributed by atoms with E-state index in [1.807, 2.05) is 12.1 Å². The van der Waals surface area contributed by atoms with Crippen molar-refractivity contribution in [1.82, 2.24) is 4.90 Å². The highest BCUT2D eigenvalue weighted by atomic mass is 79.9. The average molecular weight is 365 g/mol. The zero-order valence-electron chi connectivity index (χ0n) is 11.1. The molecular weight excluding hydrogens is 354 g/mol. The van der Waals surface area contributed by atoms with Gasteiger partial charge >= 0.3 is 0 Å². The van der Waals surface area contributed by atoms with Crippen molar-refractivity contribution < 1.29 is 9.59 Å². The highest BCUT2D eigenvalue weighted by Gasteiger charge is 2.39. The van der Waals surface area contributed by atoms with Gasteiger partial charge in [-0.15, -0.1) is 0 Å². The molecule has 1 aliphatic rings. The Kier molecular flexibility index (Phi) is 3.59. The van der Waals surface area contributed by atoms with E-state index in [4.69, 9.17) is 11.6 Å².